The van der Waals surface area contributed by atoms with Gasteiger partial charge in [0.15, 0.2) is 0 Å². The largest absolute Gasteiger partial charge is 0.324 e. The van der Waals surface area contributed by atoms with Crippen LogP contribution in [0.5, 0.6) is 0 Å². The fourth-order valence-electron chi connectivity index (χ4n) is 2.47. The summed E-state index contributed by atoms with van der Waals surface area (Å²) in [6.45, 7) is 6.44. The van der Waals surface area contributed by atoms with Gasteiger partial charge in [0, 0.05) is 30.2 Å². The van der Waals surface area contributed by atoms with Gasteiger partial charge >= 0.3 is 0 Å². The zero-order valence-corrected chi connectivity index (χ0v) is 17.0. The van der Waals surface area contributed by atoms with Crippen molar-refractivity contribution >= 4 is 35.8 Å². The second-order valence-electron chi connectivity index (χ2n) is 6.11. The van der Waals surface area contributed by atoms with Gasteiger partial charge in [0.2, 0.25) is 5.91 Å². The van der Waals surface area contributed by atoms with Gasteiger partial charge in [-0.3, -0.25) is 9.48 Å². The molecular formula is C18H27ClN4OS. The molecule has 0 radical (unpaired) electrons. The van der Waals surface area contributed by atoms with Crippen molar-refractivity contribution in [2.75, 3.05) is 12.4 Å². The first kappa shape index (κ1) is 21.5. The average molecular weight is 383 g/mol. The number of amides is 1. The molecule has 0 bridgehead atoms. The number of nitrogens with zero attached hydrogens (tertiary/aromatic N) is 2. The van der Waals surface area contributed by atoms with Crippen LogP contribution in [0, 0.1) is 6.92 Å². The lowest BCUT2D eigenvalue weighted by molar-refractivity contribution is -0.118. The lowest BCUT2D eigenvalue weighted by atomic mass is 10.1. The molecule has 5 nitrogen and oxygen atoms in total. The molecule has 1 aromatic carbocycles. The highest BCUT2D eigenvalue weighted by Crippen LogP contribution is 2.25. The number of rotatable bonds is 7. The number of carbonyl (C=O) groups is 1. The highest BCUT2D eigenvalue weighted by atomic mass is 35.5. The number of benzene rings is 1. The molecule has 2 N–H and O–H groups in total. The van der Waals surface area contributed by atoms with Gasteiger partial charge in [-0.15, -0.1) is 12.4 Å². The van der Waals surface area contributed by atoms with Gasteiger partial charge in [-0.05, 0) is 36.4 Å². The number of aromatic nitrogens is 2. The first-order valence-corrected chi connectivity index (χ1v) is 9.14. The van der Waals surface area contributed by atoms with Crippen LogP contribution in [0.4, 0.5) is 5.69 Å². The average Bonchev–Trinajstić information content (AvgIpc) is 2.95. The van der Waals surface area contributed by atoms with E-state index in [2.05, 4.69) is 42.6 Å². The van der Waals surface area contributed by atoms with Crippen LogP contribution in [0.3, 0.4) is 0 Å². The molecular weight excluding hydrogens is 356 g/mol. The summed E-state index contributed by atoms with van der Waals surface area (Å²) in [4.78, 5) is 12.7. The Balaban J connectivity index is 0.00000312. The molecule has 1 heterocycles. The van der Waals surface area contributed by atoms with E-state index < -0.39 is 6.04 Å². The molecule has 0 spiro atoms. The molecule has 1 atom stereocenters. The zero-order valence-electron chi connectivity index (χ0n) is 15.4. The van der Waals surface area contributed by atoms with Crippen LogP contribution in [-0.2, 0) is 17.6 Å². The van der Waals surface area contributed by atoms with Crippen molar-refractivity contribution < 1.29 is 4.79 Å². The number of likely N-dealkylation sites (N-methyl/N-ethyl adjacent to an activating group) is 1. The van der Waals surface area contributed by atoms with Crippen LogP contribution < -0.4 is 10.6 Å². The fourth-order valence-corrected chi connectivity index (χ4v) is 3.30. The van der Waals surface area contributed by atoms with Crippen molar-refractivity contribution in [1.82, 2.24) is 15.1 Å². The number of aryl methyl sites for hydroxylation is 1. The summed E-state index contributed by atoms with van der Waals surface area (Å²) in [7, 11) is 3.62. The number of hydrogen-bond acceptors (Lipinski definition) is 4. The Morgan fingerprint density at radius 2 is 2.08 bits per heavy atom. The Morgan fingerprint density at radius 1 is 1.36 bits per heavy atom. The number of carbonyl (C=O) groups excluding carboxylic acids is 1. The molecule has 0 saturated heterocycles. The maximum absolute atomic E-state index is 12.7. The fraction of sp³-hybridized carbons (Fsp3) is 0.444. The zero-order chi connectivity index (χ0) is 17.7. The lowest BCUT2D eigenvalue weighted by Gasteiger charge is -2.17. The predicted octanol–water partition coefficient (Wildman–Crippen LogP) is 3.69. The van der Waals surface area contributed by atoms with E-state index >= 15 is 0 Å². The van der Waals surface area contributed by atoms with Gasteiger partial charge in [0.1, 0.15) is 6.04 Å². The number of thioether (sulfide) groups is 1. The highest BCUT2D eigenvalue weighted by molar-refractivity contribution is 7.99. The van der Waals surface area contributed by atoms with E-state index in [0.29, 0.717) is 5.25 Å². The van der Waals surface area contributed by atoms with E-state index in [-0.39, 0.29) is 18.3 Å². The first-order chi connectivity index (χ1) is 11.4. The SMILES string of the molecule is CNC(C(=O)Nc1cccc(CSC(C)C)c1C)c1cnn(C)c1.Cl. The number of nitrogens with one attached hydrogen (secondary N) is 2. The van der Waals surface area contributed by atoms with E-state index in [4.69, 9.17) is 0 Å². The maximum Gasteiger partial charge on any atom is 0.246 e. The summed E-state index contributed by atoms with van der Waals surface area (Å²) in [5.74, 6) is 0.868. The minimum Gasteiger partial charge on any atom is -0.324 e. The molecule has 1 amide bonds. The van der Waals surface area contributed by atoms with Crippen LogP contribution in [0.1, 0.15) is 36.6 Å². The summed E-state index contributed by atoms with van der Waals surface area (Å²) in [6.07, 6.45) is 3.56. The lowest BCUT2D eigenvalue weighted by Crippen LogP contribution is -2.30. The third kappa shape index (κ3) is 5.76. The van der Waals surface area contributed by atoms with Crippen LogP contribution in [0.2, 0.25) is 0 Å². The molecule has 7 heteroatoms. The monoisotopic (exact) mass is 382 g/mol. The second kappa shape index (κ2) is 9.85. The van der Waals surface area contributed by atoms with Crippen molar-refractivity contribution in [2.24, 2.45) is 7.05 Å². The summed E-state index contributed by atoms with van der Waals surface area (Å²) >= 11 is 1.90. The highest BCUT2D eigenvalue weighted by Gasteiger charge is 2.21. The Kier molecular flexibility index (Phi) is 8.48. The van der Waals surface area contributed by atoms with Gasteiger partial charge in [0.05, 0.1) is 6.20 Å². The third-order valence-electron chi connectivity index (χ3n) is 3.89. The second-order valence-corrected chi connectivity index (χ2v) is 7.67. The molecule has 0 saturated carbocycles. The minimum atomic E-state index is -0.424. The normalized spacial score (nSPS) is 11.9. The molecule has 2 rings (SSSR count). The quantitative estimate of drug-likeness (QED) is 0.766. The van der Waals surface area contributed by atoms with Crippen LogP contribution >= 0.6 is 24.2 Å². The molecule has 1 aromatic heterocycles. The van der Waals surface area contributed by atoms with E-state index in [1.807, 2.05) is 37.1 Å². The summed E-state index contributed by atoms with van der Waals surface area (Å²) in [5.41, 5.74) is 4.10. The number of anilines is 1. The van der Waals surface area contributed by atoms with Crippen LogP contribution in [0.15, 0.2) is 30.6 Å². The summed E-state index contributed by atoms with van der Waals surface area (Å²) in [5, 5.41) is 10.8. The van der Waals surface area contributed by atoms with Gasteiger partial charge in [-0.25, -0.2) is 0 Å². The van der Waals surface area contributed by atoms with Crippen molar-refractivity contribution in [3.05, 3.63) is 47.3 Å². The summed E-state index contributed by atoms with van der Waals surface area (Å²) in [6, 6.07) is 5.65. The molecule has 1 unspecified atom stereocenters. The number of halogens is 1. The van der Waals surface area contributed by atoms with Crippen molar-refractivity contribution in [3.63, 3.8) is 0 Å². The van der Waals surface area contributed by atoms with Crippen LogP contribution in [0.25, 0.3) is 0 Å². The number of hydrogen-bond donors (Lipinski definition) is 2. The molecule has 0 fully saturated rings. The van der Waals surface area contributed by atoms with E-state index in [0.717, 1.165) is 22.6 Å². The minimum absolute atomic E-state index is 0. The Bertz CT molecular complexity index is 702. The third-order valence-corrected chi connectivity index (χ3v) is 5.03. The molecule has 25 heavy (non-hydrogen) atoms. The topological polar surface area (TPSA) is 59.0 Å². The van der Waals surface area contributed by atoms with Gasteiger partial charge in [-0.2, -0.15) is 16.9 Å². The predicted molar refractivity (Wildman–Crippen MR) is 108 cm³/mol. The van der Waals surface area contributed by atoms with Gasteiger partial charge < -0.3 is 10.6 Å². The molecule has 2 aromatic rings. The standard InChI is InChI=1S/C18H26N4OS.ClH/c1-12(2)24-11-14-7-6-8-16(13(14)3)21-18(23)17(19-4)15-9-20-22(5)10-15;/h6-10,12,17,19H,11H2,1-5H3,(H,21,23);1H. The molecule has 0 aliphatic rings. The Morgan fingerprint density at radius 3 is 2.64 bits per heavy atom. The first-order valence-electron chi connectivity index (χ1n) is 8.09. The van der Waals surface area contributed by atoms with Crippen molar-refractivity contribution in [2.45, 2.75) is 37.8 Å². The van der Waals surface area contributed by atoms with Crippen LogP contribution in [-0.4, -0.2) is 28.0 Å². The van der Waals surface area contributed by atoms with Gasteiger partial charge in [-0.1, -0.05) is 26.0 Å². The molecule has 0 aliphatic carbocycles. The van der Waals surface area contributed by atoms with Crippen molar-refractivity contribution in [3.8, 4) is 0 Å². The smallest absolute Gasteiger partial charge is 0.246 e. The maximum atomic E-state index is 12.7. The van der Waals surface area contributed by atoms with E-state index in [1.54, 1.807) is 17.9 Å². The van der Waals surface area contributed by atoms with E-state index in [1.165, 1.54) is 5.56 Å². The van der Waals surface area contributed by atoms with Crippen molar-refractivity contribution in [1.29, 1.82) is 0 Å². The Labute approximate surface area is 160 Å². The molecule has 0 aliphatic heterocycles. The molecule has 138 valence electrons. The van der Waals surface area contributed by atoms with Gasteiger partial charge in [0.25, 0.3) is 0 Å². The van der Waals surface area contributed by atoms with E-state index in [9.17, 15) is 4.79 Å². The summed E-state index contributed by atoms with van der Waals surface area (Å²) < 4.78 is 1.70. The Hall–Kier alpha value is -1.50.